The van der Waals surface area contributed by atoms with E-state index in [4.69, 9.17) is 0 Å². The topological polar surface area (TPSA) is 67.2 Å². The average Bonchev–Trinajstić information content (AvgIpc) is 3.15. The van der Waals surface area contributed by atoms with Crippen LogP contribution in [0, 0.1) is 6.92 Å². The molecule has 1 aliphatic rings. The van der Waals surface area contributed by atoms with Gasteiger partial charge in [0.25, 0.3) is 11.8 Å². The number of nitrogens with one attached hydrogen (secondary N) is 1. The molecular formula is C25H28N4O2. The van der Waals surface area contributed by atoms with Gasteiger partial charge in [-0.2, -0.15) is 5.10 Å². The number of fused-ring (bicyclic) bond motifs is 1. The minimum Gasteiger partial charge on any atom is -0.350 e. The van der Waals surface area contributed by atoms with E-state index in [1.807, 2.05) is 48.2 Å². The van der Waals surface area contributed by atoms with Gasteiger partial charge in [-0.3, -0.25) is 14.3 Å². The quantitative estimate of drug-likeness (QED) is 0.665. The molecule has 1 N–H and O–H groups in total. The molecule has 4 rings (SSSR count). The second kappa shape index (κ2) is 9.16. The van der Waals surface area contributed by atoms with Gasteiger partial charge in [-0.05, 0) is 30.4 Å². The zero-order chi connectivity index (χ0) is 21.8. The second-order valence-electron chi connectivity index (χ2n) is 8.23. The molecule has 2 aromatic carbocycles. The molecule has 0 spiro atoms. The fraction of sp³-hybridized carbons (Fsp3) is 0.320. The molecule has 2 amide bonds. The number of amides is 2. The van der Waals surface area contributed by atoms with Crippen molar-refractivity contribution in [2.75, 3.05) is 13.1 Å². The average molecular weight is 417 g/mol. The fourth-order valence-corrected chi connectivity index (χ4v) is 3.96. The van der Waals surface area contributed by atoms with E-state index in [1.54, 1.807) is 10.7 Å². The summed E-state index contributed by atoms with van der Waals surface area (Å²) in [5, 5.41) is 7.38. The van der Waals surface area contributed by atoms with Crippen LogP contribution in [0.1, 0.15) is 56.9 Å². The number of carbonyl (C=O) groups is 2. The summed E-state index contributed by atoms with van der Waals surface area (Å²) < 4.78 is 1.67. The summed E-state index contributed by atoms with van der Waals surface area (Å²) in [5.74, 6) is -0.137. The highest BCUT2D eigenvalue weighted by molar-refractivity contribution is 5.98. The molecule has 6 heteroatoms. The summed E-state index contributed by atoms with van der Waals surface area (Å²) >= 11 is 0. The van der Waals surface area contributed by atoms with Gasteiger partial charge in [-0.1, -0.05) is 67.1 Å². The van der Waals surface area contributed by atoms with Crippen molar-refractivity contribution < 1.29 is 9.59 Å². The van der Waals surface area contributed by atoms with Crippen LogP contribution in [0.4, 0.5) is 0 Å². The summed E-state index contributed by atoms with van der Waals surface area (Å²) in [6, 6.07) is 19.9. The molecule has 0 aliphatic carbocycles. The van der Waals surface area contributed by atoms with Crippen molar-refractivity contribution in [3.05, 3.63) is 88.7 Å². The first-order valence-corrected chi connectivity index (χ1v) is 10.8. The van der Waals surface area contributed by atoms with Gasteiger partial charge in [0.1, 0.15) is 5.69 Å². The molecule has 2 heterocycles. The van der Waals surface area contributed by atoms with E-state index >= 15 is 0 Å². The van der Waals surface area contributed by atoms with Gasteiger partial charge in [-0.15, -0.1) is 0 Å². The van der Waals surface area contributed by atoms with E-state index in [2.05, 4.69) is 35.5 Å². The lowest BCUT2D eigenvalue weighted by molar-refractivity contribution is 0.0745. The molecule has 3 aromatic rings. The Morgan fingerprint density at radius 1 is 1.10 bits per heavy atom. The monoisotopic (exact) mass is 416 g/mol. The maximum Gasteiger partial charge on any atom is 0.272 e. The van der Waals surface area contributed by atoms with Crippen molar-refractivity contribution in [3.8, 4) is 0 Å². The van der Waals surface area contributed by atoms with Crippen molar-refractivity contribution in [3.63, 3.8) is 0 Å². The van der Waals surface area contributed by atoms with Crippen LogP contribution in [0.3, 0.4) is 0 Å². The zero-order valence-electron chi connectivity index (χ0n) is 18.0. The Morgan fingerprint density at radius 2 is 1.90 bits per heavy atom. The molecule has 1 atom stereocenters. The third-order valence-electron chi connectivity index (χ3n) is 5.71. The number of rotatable bonds is 6. The lowest BCUT2D eigenvalue weighted by Crippen LogP contribution is -2.30. The molecule has 0 saturated carbocycles. The zero-order valence-corrected chi connectivity index (χ0v) is 18.0. The molecule has 0 bridgehead atoms. The first-order valence-electron chi connectivity index (χ1n) is 10.8. The number of aromatic nitrogens is 2. The van der Waals surface area contributed by atoms with Crippen LogP contribution in [0.25, 0.3) is 0 Å². The Kier molecular flexibility index (Phi) is 6.16. The van der Waals surface area contributed by atoms with Gasteiger partial charge in [0.15, 0.2) is 5.69 Å². The molecule has 1 aliphatic heterocycles. The predicted molar refractivity (Wildman–Crippen MR) is 120 cm³/mol. The first kappa shape index (κ1) is 20.8. The van der Waals surface area contributed by atoms with Crippen LogP contribution >= 0.6 is 0 Å². The lowest BCUT2D eigenvalue weighted by atomic mass is 10.0. The van der Waals surface area contributed by atoms with E-state index in [0.29, 0.717) is 37.6 Å². The Hall–Kier alpha value is -3.41. The molecule has 31 heavy (non-hydrogen) atoms. The molecular weight excluding hydrogens is 388 g/mol. The summed E-state index contributed by atoms with van der Waals surface area (Å²) in [4.78, 5) is 27.7. The normalized spacial score (nSPS) is 14.6. The van der Waals surface area contributed by atoms with Crippen LogP contribution in [0.5, 0.6) is 0 Å². The summed E-state index contributed by atoms with van der Waals surface area (Å²) in [7, 11) is 0. The maximum absolute atomic E-state index is 13.1. The Balaban J connectivity index is 1.44. The highest BCUT2D eigenvalue weighted by atomic mass is 16.2. The van der Waals surface area contributed by atoms with E-state index in [9.17, 15) is 9.59 Å². The molecule has 1 aromatic heterocycles. The van der Waals surface area contributed by atoms with E-state index in [1.165, 1.54) is 11.1 Å². The Bertz CT molecular complexity index is 1070. The largest absolute Gasteiger partial charge is 0.350 e. The minimum absolute atomic E-state index is 0.0804. The van der Waals surface area contributed by atoms with Crippen molar-refractivity contribution in [2.45, 2.75) is 39.3 Å². The highest BCUT2D eigenvalue weighted by Crippen LogP contribution is 2.18. The van der Waals surface area contributed by atoms with Crippen molar-refractivity contribution in [1.29, 1.82) is 0 Å². The molecule has 0 fully saturated rings. The third kappa shape index (κ3) is 4.85. The van der Waals surface area contributed by atoms with Crippen LogP contribution < -0.4 is 5.32 Å². The number of hydrogen-bond donors (Lipinski definition) is 1. The summed E-state index contributed by atoms with van der Waals surface area (Å²) in [5.41, 5.74) is 4.22. The van der Waals surface area contributed by atoms with E-state index in [0.717, 1.165) is 12.0 Å². The van der Waals surface area contributed by atoms with Crippen molar-refractivity contribution >= 4 is 11.8 Å². The molecule has 6 nitrogen and oxygen atoms in total. The van der Waals surface area contributed by atoms with Gasteiger partial charge >= 0.3 is 0 Å². The summed E-state index contributed by atoms with van der Waals surface area (Å²) in [6.07, 6.45) is 0.804. The highest BCUT2D eigenvalue weighted by Gasteiger charge is 2.26. The number of nitrogens with zero attached hydrogens (tertiary/aromatic N) is 3. The molecule has 0 saturated heterocycles. The van der Waals surface area contributed by atoms with Crippen molar-refractivity contribution in [1.82, 2.24) is 20.0 Å². The van der Waals surface area contributed by atoms with E-state index < -0.39 is 0 Å². The Morgan fingerprint density at radius 3 is 2.68 bits per heavy atom. The number of carbonyl (C=O) groups excluding carboxylic acids is 2. The van der Waals surface area contributed by atoms with Gasteiger partial charge in [0.05, 0.1) is 0 Å². The van der Waals surface area contributed by atoms with Crippen LogP contribution in [0.2, 0.25) is 0 Å². The standard InChI is InChI=1S/C25H28N4O2/c1-18-8-6-9-20(14-18)17-28-12-7-13-29-23(25(28)31)15-22(27-29)24(30)26-16-19(2)21-10-4-3-5-11-21/h3-6,8-11,14-15,19H,7,12-13,16-17H2,1-2H3,(H,26,30). The molecule has 0 radical (unpaired) electrons. The first-order chi connectivity index (χ1) is 15.0. The number of hydrogen-bond acceptors (Lipinski definition) is 3. The number of aryl methyl sites for hydroxylation is 2. The SMILES string of the molecule is Cc1cccc(CN2CCCn3nc(C(=O)NCC(C)c4ccccc4)cc3C2=O)c1. The fourth-order valence-electron chi connectivity index (χ4n) is 3.96. The molecule has 1 unspecified atom stereocenters. The third-order valence-corrected chi connectivity index (χ3v) is 5.71. The maximum atomic E-state index is 13.1. The smallest absolute Gasteiger partial charge is 0.272 e. The predicted octanol–water partition coefficient (Wildman–Crippen LogP) is 3.77. The minimum atomic E-state index is -0.249. The van der Waals surface area contributed by atoms with E-state index in [-0.39, 0.29) is 17.7 Å². The second-order valence-corrected chi connectivity index (χ2v) is 8.23. The van der Waals surface area contributed by atoms with Crippen molar-refractivity contribution in [2.24, 2.45) is 0 Å². The van der Waals surface area contributed by atoms with Gasteiger partial charge < -0.3 is 10.2 Å². The lowest BCUT2D eigenvalue weighted by Gasteiger charge is -2.20. The number of benzene rings is 2. The van der Waals surface area contributed by atoms with Gasteiger partial charge in [0.2, 0.25) is 0 Å². The summed E-state index contributed by atoms with van der Waals surface area (Å²) in [6.45, 7) is 6.49. The molecule has 160 valence electrons. The van der Waals surface area contributed by atoms with Crippen LogP contribution in [0.15, 0.2) is 60.7 Å². The van der Waals surface area contributed by atoms with Crippen LogP contribution in [-0.4, -0.2) is 39.6 Å². The van der Waals surface area contributed by atoms with Crippen LogP contribution in [-0.2, 0) is 13.1 Å². The van der Waals surface area contributed by atoms with Gasteiger partial charge in [-0.25, -0.2) is 0 Å². The Labute approximate surface area is 182 Å². The van der Waals surface area contributed by atoms with Gasteiger partial charge in [0, 0.05) is 32.2 Å².